The van der Waals surface area contributed by atoms with E-state index in [1.807, 2.05) is 6.07 Å². The smallest absolute Gasteiger partial charge is 0.224 e. The summed E-state index contributed by atoms with van der Waals surface area (Å²) in [5.74, 6) is 0.118. The molecule has 1 aromatic heterocycles. The molecular weight excluding hydrogens is 320 g/mol. The average molecular weight is 342 g/mol. The van der Waals surface area contributed by atoms with E-state index in [0.717, 1.165) is 61.1 Å². The van der Waals surface area contributed by atoms with Crippen LogP contribution in [0, 0.1) is 0 Å². The summed E-state index contributed by atoms with van der Waals surface area (Å²) in [5.41, 5.74) is 4.34. The molecule has 0 atom stereocenters. The Morgan fingerprint density at radius 3 is 2.83 bits per heavy atom. The summed E-state index contributed by atoms with van der Waals surface area (Å²) < 4.78 is 0. The van der Waals surface area contributed by atoms with Gasteiger partial charge in [-0.1, -0.05) is 6.07 Å². The highest BCUT2D eigenvalue weighted by Crippen LogP contribution is 2.31. The first-order valence-electron chi connectivity index (χ1n) is 8.51. The minimum Gasteiger partial charge on any atom is -0.346 e. The van der Waals surface area contributed by atoms with Gasteiger partial charge in [0.2, 0.25) is 5.91 Å². The first-order valence-corrected chi connectivity index (χ1v) is 9.39. The van der Waals surface area contributed by atoms with Crippen molar-refractivity contribution in [3.8, 4) is 11.3 Å². The van der Waals surface area contributed by atoms with Crippen LogP contribution in [0.1, 0.15) is 18.4 Å². The SMILES string of the molecule is CN1CCN(c2nc(-c3ccc4c(c3)CCCC(=O)N4)cs2)CC1. The van der Waals surface area contributed by atoms with Crippen LogP contribution in [-0.2, 0) is 11.2 Å². The number of carbonyl (C=O) groups is 1. The number of rotatable bonds is 2. The molecule has 1 fully saturated rings. The third-order valence-electron chi connectivity index (χ3n) is 4.79. The predicted octanol–water partition coefficient (Wildman–Crippen LogP) is 2.84. The lowest BCUT2D eigenvalue weighted by Crippen LogP contribution is -2.44. The van der Waals surface area contributed by atoms with E-state index < -0.39 is 0 Å². The quantitative estimate of drug-likeness (QED) is 0.912. The normalized spacial score (nSPS) is 18.9. The monoisotopic (exact) mass is 342 g/mol. The zero-order valence-corrected chi connectivity index (χ0v) is 14.7. The number of hydrogen-bond donors (Lipinski definition) is 1. The summed E-state index contributed by atoms with van der Waals surface area (Å²) in [5, 5.41) is 6.25. The van der Waals surface area contributed by atoms with E-state index in [1.165, 1.54) is 5.56 Å². The molecular formula is C18H22N4OS. The number of benzene rings is 1. The molecule has 3 heterocycles. The van der Waals surface area contributed by atoms with E-state index in [4.69, 9.17) is 4.98 Å². The maximum absolute atomic E-state index is 11.7. The van der Waals surface area contributed by atoms with Crippen LogP contribution in [0.2, 0.25) is 0 Å². The number of carbonyl (C=O) groups excluding carboxylic acids is 1. The third-order valence-corrected chi connectivity index (χ3v) is 5.69. The Morgan fingerprint density at radius 2 is 2.00 bits per heavy atom. The zero-order chi connectivity index (χ0) is 16.5. The molecule has 6 heteroatoms. The number of piperazine rings is 1. The van der Waals surface area contributed by atoms with Gasteiger partial charge in [0.05, 0.1) is 5.69 Å². The Labute approximate surface area is 146 Å². The Hall–Kier alpha value is -1.92. The van der Waals surface area contributed by atoms with Crippen molar-refractivity contribution in [1.29, 1.82) is 0 Å². The summed E-state index contributed by atoms with van der Waals surface area (Å²) in [6, 6.07) is 6.26. The number of anilines is 2. The number of amides is 1. The molecule has 1 N–H and O–H groups in total. The third kappa shape index (κ3) is 3.16. The van der Waals surface area contributed by atoms with Gasteiger partial charge in [0.25, 0.3) is 0 Å². The summed E-state index contributed by atoms with van der Waals surface area (Å²) in [7, 11) is 2.17. The van der Waals surface area contributed by atoms with E-state index in [9.17, 15) is 4.79 Å². The maximum Gasteiger partial charge on any atom is 0.224 e. The molecule has 1 amide bonds. The Morgan fingerprint density at radius 1 is 1.17 bits per heavy atom. The van der Waals surface area contributed by atoms with Crippen molar-refractivity contribution >= 4 is 28.1 Å². The largest absolute Gasteiger partial charge is 0.346 e. The van der Waals surface area contributed by atoms with Gasteiger partial charge in [-0.25, -0.2) is 4.98 Å². The van der Waals surface area contributed by atoms with Crippen LogP contribution in [0.15, 0.2) is 23.6 Å². The van der Waals surface area contributed by atoms with Crippen LogP contribution in [-0.4, -0.2) is 49.0 Å². The molecule has 0 unspecified atom stereocenters. The van der Waals surface area contributed by atoms with Crippen LogP contribution in [0.5, 0.6) is 0 Å². The fraction of sp³-hybridized carbons (Fsp3) is 0.444. The number of likely N-dealkylation sites (N-methyl/N-ethyl adjacent to an activating group) is 1. The van der Waals surface area contributed by atoms with Crippen LogP contribution < -0.4 is 10.2 Å². The molecule has 2 aromatic rings. The van der Waals surface area contributed by atoms with Gasteiger partial charge in [0.15, 0.2) is 5.13 Å². The van der Waals surface area contributed by atoms with Crippen molar-refractivity contribution < 1.29 is 4.79 Å². The Kier molecular flexibility index (Phi) is 4.24. The number of hydrogen-bond acceptors (Lipinski definition) is 5. The fourth-order valence-electron chi connectivity index (χ4n) is 3.27. The van der Waals surface area contributed by atoms with Crippen molar-refractivity contribution in [2.24, 2.45) is 0 Å². The molecule has 0 aliphatic carbocycles. The number of nitrogens with zero attached hydrogens (tertiary/aromatic N) is 3. The molecule has 0 saturated carbocycles. The van der Waals surface area contributed by atoms with E-state index in [-0.39, 0.29) is 5.91 Å². The van der Waals surface area contributed by atoms with E-state index in [2.05, 4.69) is 39.7 Å². The number of nitrogens with one attached hydrogen (secondary N) is 1. The van der Waals surface area contributed by atoms with Gasteiger partial charge >= 0.3 is 0 Å². The van der Waals surface area contributed by atoms with E-state index in [0.29, 0.717) is 6.42 Å². The molecule has 4 rings (SSSR count). The molecule has 24 heavy (non-hydrogen) atoms. The number of fused-ring (bicyclic) bond motifs is 1. The first-order chi connectivity index (χ1) is 11.7. The standard InChI is InChI=1S/C18H22N4OS/c1-21-7-9-22(10-8-21)18-20-16(12-24-18)14-5-6-15-13(11-14)3-2-4-17(23)19-15/h5-6,11-12H,2-4,7-10H2,1H3,(H,19,23). The van der Waals surface area contributed by atoms with E-state index >= 15 is 0 Å². The summed E-state index contributed by atoms with van der Waals surface area (Å²) in [6.07, 6.45) is 2.46. The van der Waals surface area contributed by atoms with Crippen molar-refractivity contribution in [3.63, 3.8) is 0 Å². The summed E-state index contributed by atoms with van der Waals surface area (Å²) in [6.45, 7) is 4.26. The van der Waals surface area contributed by atoms with Crippen LogP contribution in [0.25, 0.3) is 11.3 Å². The van der Waals surface area contributed by atoms with Crippen LogP contribution in [0.4, 0.5) is 10.8 Å². The van der Waals surface area contributed by atoms with Gasteiger partial charge in [0, 0.05) is 49.2 Å². The highest BCUT2D eigenvalue weighted by molar-refractivity contribution is 7.14. The van der Waals surface area contributed by atoms with Crippen LogP contribution in [0.3, 0.4) is 0 Å². The van der Waals surface area contributed by atoms with Gasteiger partial charge in [0.1, 0.15) is 0 Å². The molecule has 5 nitrogen and oxygen atoms in total. The van der Waals surface area contributed by atoms with Gasteiger partial charge < -0.3 is 15.1 Å². The molecule has 2 aliphatic rings. The van der Waals surface area contributed by atoms with Crippen LogP contribution >= 0.6 is 11.3 Å². The van der Waals surface area contributed by atoms with Crippen molar-refractivity contribution in [1.82, 2.24) is 9.88 Å². The summed E-state index contributed by atoms with van der Waals surface area (Å²) >= 11 is 1.72. The van der Waals surface area contributed by atoms with Gasteiger partial charge in [-0.05, 0) is 37.6 Å². The fourth-order valence-corrected chi connectivity index (χ4v) is 4.16. The van der Waals surface area contributed by atoms with Crippen molar-refractivity contribution in [2.45, 2.75) is 19.3 Å². The molecule has 126 valence electrons. The minimum absolute atomic E-state index is 0.118. The second-order valence-corrected chi connectivity index (χ2v) is 7.42. The van der Waals surface area contributed by atoms with Crippen molar-refractivity contribution in [3.05, 3.63) is 29.1 Å². The lowest BCUT2D eigenvalue weighted by atomic mass is 10.0. The van der Waals surface area contributed by atoms with Gasteiger partial charge in [-0.2, -0.15) is 0 Å². The first kappa shape index (κ1) is 15.6. The number of thiazole rings is 1. The highest BCUT2D eigenvalue weighted by Gasteiger charge is 2.18. The van der Waals surface area contributed by atoms with Gasteiger partial charge in [-0.3, -0.25) is 4.79 Å². The second-order valence-electron chi connectivity index (χ2n) is 6.58. The topological polar surface area (TPSA) is 48.5 Å². The summed E-state index contributed by atoms with van der Waals surface area (Å²) in [4.78, 5) is 21.3. The maximum atomic E-state index is 11.7. The predicted molar refractivity (Wildman–Crippen MR) is 98.8 cm³/mol. The molecule has 0 spiro atoms. The van der Waals surface area contributed by atoms with Crippen molar-refractivity contribution in [2.75, 3.05) is 43.4 Å². The lowest BCUT2D eigenvalue weighted by molar-refractivity contribution is -0.116. The van der Waals surface area contributed by atoms with Gasteiger partial charge in [-0.15, -0.1) is 11.3 Å². The molecule has 1 saturated heterocycles. The number of aryl methyl sites for hydroxylation is 1. The average Bonchev–Trinajstić information content (AvgIpc) is 2.99. The zero-order valence-electron chi connectivity index (χ0n) is 13.9. The van der Waals surface area contributed by atoms with E-state index in [1.54, 1.807) is 11.3 Å². The number of aromatic nitrogens is 1. The second kappa shape index (κ2) is 6.53. The Balaban J connectivity index is 1.56. The lowest BCUT2D eigenvalue weighted by Gasteiger charge is -2.32. The molecule has 2 aliphatic heterocycles. The molecule has 0 bridgehead atoms. The Bertz CT molecular complexity index is 749. The molecule has 0 radical (unpaired) electrons. The molecule has 1 aromatic carbocycles. The minimum atomic E-state index is 0.118. The highest BCUT2D eigenvalue weighted by atomic mass is 32.1.